The molecule has 3 aromatic heterocycles. The normalized spacial score (nSPS) is 10.5. The lowest BCUT2D eigenvalue weighted by Crippen LogP contribution is -1.94. The Morgan fingerprint density at radius 2 is 1.75 bits per heavy atom. The van der Waals surface area contributed by atoms with E-state index in [4.69, 9.17) is 4.74 Å². The molecule has 0 bridgehead atoms. The van der Waals surface area contributed by atoms with Gasteiger partial charge in [0.1, 0.15) is 5.82 Å². The molecule has 0 fully saturated rings. The Morgan fingerprint density at radius 3 is 2.54 bits per heavy atom. The fourth-order valence-electron chi connectivity index (χ4n) is 2.83. The lowest BCUT2D eigenvalue weighted by molar-refractivity contribution is 0.398. The van der Waals surface area contributed by atoms with Crippen molar-refractivity contribution in [2.24, 2.45) is 0 Å². The van der Waals surface area contributed by atoms with Crippen LogP contribution in [0.4, 0.5) is 15.8 Å². The third-order valence-electron chi connectivity index (χ3n) is 4.22. The number of rotatable bonds is 5. The Labute approximate surface area is 161 Å². The van der Waals surface area contributed by atoms with E-state index in [1.54, 1.807) is 56.2 Å². The highest BCUT2D eigenvalue weighted by Gasteiger charge is 2.08. The summed E-state index contributed by atoms with van der Waals surface area (Å²) in [5.74, 6) is 0.252. The highest BCUT2D eigenvalue weighted by molar-refractivity contribution is 5.73. The van der Waals surface area contributed by atoms with E-state index in [1.807, 2.05) is 24.3 Å². The van der Waals surface area contributed by atoms with Crippen LogP contribution >= 0.6 is 0 Å². The highest BCUT2D eigenvalue weighted by atomic mass is 19.1. The zero-order valence-corrected chi connectivity index (χ0v) is 15.1. The smallest absolute Gasteiger partial charge is 0.213 e. The lowest BCUT2D eigenvalue weighted by atomic mass is 10.0. The SMILES string of the molecule is COc1ccc(Nc2cncc(-c3ccnc(-c4ccccc4F)c3)c2)cn1. The van der Waals surface area contributed by atoms with Crippen molar-refractivity contribution >= 4 is 11.4 Å². The van der Waals surface area contributed by atoms with Crippen molar-refractivity contribution in [2.45, 2.75) is 0 Å². The largest absolute Gasteiger partial charge is 0.481 e. The van der Waals surface area contributed by atoms with Gasteiger partial charge in [0.15, 0.2) is 0 Å². The lowest BCUT2D eigenvalue weighted by Gasteiger charge is -2.09. The predicted molar refractivity (Wildman–Crippen MR) is 107 cm³/mol. The first kappa shape index (κ1) is 17.6. The Hall–Kier alpha value is -3.80. The van der Waals surface area contributed by atoms with E-state index in [2.05, 4.69) is 20.3 Å². The summed E-state index contributed by atoms with van der Waals surface area (Å²) in [6, 6.07) is 16.0. The number of hydrogen-bond acceptors (Lipinski definition) is 5. The molecule has 3 heterocycles. The molecule has 0 atom stereocenters. The van der Waals surface area contributed by atoms with E-state index in [1.165, 1.54) is 6.07 Å². The molecule has 0 aliphatic rings. The van der Waals surface area contributed by atoms with Gasteiger partial charge in [-0.15, -0.1) is 0 Å². The van der Waals surface area contributed by atoms with Crippen molar-refractivity contribution in [1.29, 1.82) is 0 Å². The van der Waals surface area contributed by atoms with Gasteiger partial charge < -0.3 is 10.1 Å². The maximum absolute atomic E-state index is 14.1. The third kappa shape index (κ3) is 3.81. The number of anilines is 2. The Kier molecular flexibility index (Phi) is 4.93. The summed E-state index contributed by atoms with van der Waals surface area (Å²) in [5, 5.41) is 3.26. The van der Waals surface area contributed by atoms with E-state index in [0.29, 0.717) is 17.1 Å². The van der Waals surface area contributed by atoms with Crippen LogP contribution in [0.15, 0.2) is 79.4 Å². The van der Waals surface area contributed by atoms with Gasteiger partial charge in [0.2, 0.25) is 5.88 Å². The highest BCUT2D eigenvalue weighted by Crippen LogP contribution is 2.28. The van der Waals surface area contributed by atoms with Crippen LogP contribution in [0, 0.1) is 5.82 Å². The molecule has 0 radical (unpaired) electrons. The number of methoxy groups -OCH3 is 1. The molecule has 0 spiro atoms. The van der Waals surface area contributed by atoms with E-state index in [0.717, 1.165) is 22.5 Å². The molecule has 4 aromatic rings. The second-order valence-electron chi connectivity index (χ2n) is 6.09. The van der Waals surface area contributed by atoms with Crippen LogP contribution in [-0.4, -0.2) is 22.1 Å². The molecule has 1 N–H and O–H groups in total. The fourth-order valence-corrected chi connectivity index (χ4v) is 2.83. The maximum atomic E-state index is 14.1. The van der Waals surface area contributed by atoms with Crippen molar-refractivity contribution < 1.29 is 9.13 Å². The summed E-state index contributed by atoms with van der Waals surface area (Å²) in [5.41, 5.74) is 4.48. The first-order valence-electron chi connectivity index (χ1n) is 8.66. The standard InChI is InChI=1S/C22H17FN4O/c1-28-22-7-6-17(14-26-22)27-18-10-16(12-24-13-18)15-8-9-25-21(11-15)19-4-2-3-5-20(19)23/h2-14,27H,1H3. The van der Waals surface area contributed by atoms with Crippen LogP contribution in [0.25, 0.3) is 22.4 Å². The average molecular weight is 372 g/mol. The molecular formula is C22H17FN4O. The van der Waals surface area contributed by atoms with E-state index < -0.39 is 0 Å². The molecule has 0 saturated heterocycles. The number of nitrogens with one attached hydrogen (secondary N) is 1. The van der Waals surface area contributed by atoms with Crippen molar-refractivity contribution in [1.82, 2.24) is 15.0 Å². The summed E-state index contributed by atoms with van der Waals surface area (Å²) in [6.45, 7) is 0. The molecule has 1 aromatic carbocycles. The topological polar surface area (TPSA) is 59.9 Å². The summed E-state index contributed by atoms with van der Waals surface area (Å²) < 4.78 is 19.2. The molecule has 138 valence electrons. The molecule has 0 aliphatic carbocycles. The van der Waals surface area contributed by atoms with Crippen LogP contribution in [0.3, 0.4) is 0 Å². The monoisotopic (exact) mass is 372 g/mol. The van der Waals surface area contributed by atoms with Crippen LogP contribution in [-0.2, 0) is 0 Å². The zero-order chi connectivity index (χ0) is 19.3. The quantitative estimate of drug-likeness (QED) is 0.528. The zero-order valence-electron chi connectivity index (χ0n) is 15.1. The molecule has 28 heavy (non-hydrogen) atoms. The summed E-state index contributed by atoms with van der Waals surface area (Å²) >= 11 is 0. The van der Waals surface area contributed by atoms with Gasteiger partial charge in [-0.1, -0.05) is 12.1 Å². The Morgan fingerprint density at radius 1 is 0.857 bits per heavy atom. The van der Waals surface area contributed by atoms with E-state index >= 15 is 0 Å². The minimum Gasteiger partial charge on any atom is -0.481 e. The van der Waals surface area contributed by atoms with Crippen molar-refractivity contribution in [3.63, 3.8) is 0 Å². The first-order valence-corrected chi connectivity index (χ1v) is 8.66. The van der Waals surface area contributed by atoms with Gasteiger partial charge in [-0.05, 0) is 42.0 Å². The number of benzene rings is 1. The van der Waals surface area contributed by atoms with Gasteiger partial charge in [-0.2, -0.15) is 0 Å². The van der Waals surface area contributed by atoms with Gasteiger partial charge in [-0.25, -0.2) is 9.37 Å². The predicted octanol–water partition coefficient (Wildman–Crippen LogP) is 5.10. The molecule has 4 rings (SSSR count). The Bertz CT molecular complexity index is 1100. The fraction of sp³-hybridized carbons (Fsp3) is 0.0455. The van der Waals surface area contributed by atoms with Gasteiger partial charge in [-0.3, -0.25) is 9.97 Å². The van der Waals surface area contributed by atoms with Gasteiger partial charge in [0.25, 0.3) is 0 Å². The van der Waals surface area contributed by atoms with Gasteiger partial charge in [0, 0.05) is 29.6 Å². The van der Waals surface area contributed by atoms with Crippen LogP contribution in [0.5, 0.6) is 5.88 Å². The molecule has 0 amide bonds. The molecule has 5 nitrogen and oxygen atoms in total. The van der Waals surface area contributed by atoms with E-state index in [9.17, 15) is 4.39 Å². The molecule has 0 unspecified atom stereocenters. The molecular weight excluding hydrogens is 355 g/mol. The number of pyridine rings is 3. The molecule has 0 aliphatic heterocycles. The van der Waals surface area contributed by atoms with Crippen molar-refractivity contribution in [2.75, 3.05) is 12.4 Å². The third-order valence-corrected chi connectivity index (χ3v) is 4.22. The van der Waals surface area contributed by atoms with Crippen LogP contribution < -0.4 is 10.1 Å². The summed E-state index contributed by atoms with van der Waals surface area (Å²) in [7, 11) is 1.58. The second-order valence-corrected chi connectivity index (χ2v) is 6.09. The summed E-state index contributed by atoms with van der Waals surface area (Å²) in [6.07, 6.45) is 6.85. The summed E-state index contributed by atoms with van der Waals surface area (Å²) in [4.78, 5) is 12.8. The minimum absolute atomic E-state index is 0.298. The molecule has 6 heteroatoms. The number of nitrogens with zero attached hydrogens (tertiary/aromatic N) is 3. The second kappa shape index (κ2) is 7.84. The van der Waals surface area contributed by atoms with E-state index in [-0.39, 0.29) is 5.82 Å². The van der Waals surface area contributed by atoms with Crippen LogP contribution in [0.1, 0.15) is 0 Å². The average Bonchev–Trinajstić information content (AvgIpc) is 2.75. The van der Waals surface area contributed by atoms with Crippen LogP contribution in [0.2, 0.25) is 0 Å². The first-order chi connectivity index (χ1) is 13.7. The Balaban J connectivity index is 1.62. The van der Waals surface area contributed by atoms with Crippen molar-refractivity contribution in [3.8, 4) is 28.3 Å². The maximum Gasteiger partial charge on any atom is 0.213 e. The number of hydrogen-bond donors (Lipinski definition) is 1. The number of halogens is 1. The molecule has 0 saturated carbocycles. The van der Waals surface area contributed by atoms with Crippen molar-refractivity contribution in [3.05, 3.63) is 85.2 Å². The number of ether oxygens (including phenoxy) is 1. The van der Waals surface area contributed by atoms with Gasteiger partial charge >= 0.3 is 0 Å². The minimum atomic E-state index is -0.298. The number of aromatic nitrogens is 3. The van der Waals surface area contributed by atoms with Gasteiger partial charge in [0.05, 0.1) is 36.6 Å².